The van der Waals surface area contributed by atoms with Gasteiger partial charge in [0.15, 0.2) is 5.76 Å². The number of hydrogen-bond donors (Lipinski definition) is 1. The molecule has 1 amide bonds. The zero-order valence-electron chi connectivity index (χ0n) is 15.2. The number of aromatic nitrogens is 2. The molecular weight excluding hydrogens is 394 g/mol. The predicted octanol–water partition coefficient (Wildman–Crippen LogP) is 3.89. The van der Waals surface area contributed by atoms with Crippen LogP contribution in [0.5, 0.6) is 0 Å². The van der Waals surface area contributed by atoms with Gasteiger partial charge in [0.1, 0.15) is 0 Å². The fraction of sp³-hybridized carbons (Fsp3) is 0.0500. The number of carbonyl (C=O) groups excluding carboxylic acids is 1. The lowest BCUT2D eigenvalue weighted by molar-refractivity contribution is 0.102. The third-order valence-electron chi connectivity index (χ3n) is 3.80. The Labute approximate surface area is 169 Å². The van der Waals surface area contributed by atoms with Crippen molar-refractivity contribution in [3.8, 4) is 23.1 Å². The van der Waals surface area contributed by atoms with Gasteiger partial charge in [-0.1, -0.05) is 23.8 Å². The largest absolute Gasteiger partial charge is 0.459 e. The molecule has 2 heterocycles. The maximum atomic E-state index is 12.4. The number of benzene rings is 2. The molecule has 4 rings (SSSR count). The molecule has 0 saturated heterocycles. The van der Waals surface area contributed by atoms with E-state index >= 15 is 0 Å². The smallest absolute Gasteiger partial charge is 0.335 e. The van der Waals surface area contributed by atoms with E-state index in [9.17, 15) is 4.79 Å². The van der Waals surface area contributed by atoms with E-state index in [2.05, 4.69) is 15.5 Å². The zero-order chi connectivity index (χ0) is 20.6. The van der Waals surface area contributed by atoms with E-state index in [-0.39, 0.29) is 5.91 Å². The summed E-state index contributed by atoms with van der Waals surface area (Å²) in [5, 5.41) is 10.9. The van der Waals surface area contributed by atoms with Crippen LogP contribution in [-0.4, -0.2) is 24.5 Å². The average Bonchev–Trinajstić information content (AvgIpc) is 3.41. The minimum Gasteiger partial charge on any atom is -0.459 e. The van der Waals surface area contributed by atoms with Crippen LogP contribution >= 0.6 is 0 Å². The average molecular weight is 409 g/mol. The van der Waals surface area contributed by atoms with Crippen LogP contribution in [0.4, 0.5) is 5.69 Å². The molecule has 2 aromatic heterocycles. The molecule has 0 fully saturated rings. The Morgan fingerprint density at radius 1 is 0.966 bits per heavy atom. The molecule has 0 atom stereocenters. The monoisotopic (exact) mass is 409 g/mol. The van der Waals surface area contributed by atoms with E-state index in [1.54, 1.807) is 36.6 Å². The van der Waals surface area contributed by atoms with Crippen molar-refractivity contribution in [3.05, 3.63) is 78.1 Å². The van der Waals surface area contributed by atoms with E-state index in [0.717, 1.165) is 5.56 Å². The fourth-order valence-corrected chi connectivity index (χ4v) is 2.56. The summed E-state index contributed by atoms with van der Waals surface area (Å²) in [6.07, 6.45) is 1.54. The summed E-state index contributed by atoms with van der Waals surface area (Å²) in [6.45, 7) is 1.95. The summed E-state index contributed by atoms with van der Waals surface area (Å²) >= 11 is -0.750. The molecule has 0 aliphatic rings. The molecule has 9 heteroatoms. The van der Waals surface area contributed by atoms with E-state index in [1.807, 2.05) is 37.3 Å². The topological polar surface area (TPSA) is 115 Å². The van der Waals surface area contributed by atoms with Crippen LogP contribution in [0.25, 0.3) is 23.1 Å². The van der Waals surface area contributed by atoms with E-state index in [4.69, 9.17) is 17.3 Å². The number of rotatable bonds is 4. The second-order valence-corrected chi connectivity index (χ2v) is 6.00. The minimum atomic E-state index is -0.750. The Balaban J connectivity index is 0.000000755. The number of aryl methyl sites for hydroxylation is 1. The number of hydrogen-bond acceptors (Lipinski definition) is 7. The molecule has 0 bridgehead atoms. The van der Waals surface area contributed by atoms with Gasteiger partial charge in [-0.3, -0.25) is 4.79 Å². The number of carbonyl (C=O) groups is 1. The van der Waals surface area contributed by atoms with Gasteiger partial charge in [-0.15, -0.1) is 10.2 Å². The van der Waals surface area contributed by atoms with Crippen LogP contribution in [0.1, 0.15) is 15.9 Å². The van der Waals surface area contributed by atoms with Crippen molar-refractivity contribution in [2.45, 2.75) is 6.92 Å². The maximum absolute atomic E-state index is 12.4. The van der Waals surface area contributed by atoms with Crippen LogP contribution in [0.2, 0.25) is 0 Å². The summed E-state index contributed by atoms with van der Waals surface area (Å²) in [5.74, 6) is 0.988. The minimum absolute atomic E-state index is 0.173. The molecule has 4 aromatic rings. The first-order valence-corrected chi connectivity index (χ1v) is 9.05. The highest BCUT2D eigenvalue weighted by Crippen LogP contribution is 2.26. The first-order chi connectivity index (χ1) is 14.1. The Hall–Kier alpha value is -3.85. The Morgan fingerprint density at radius 2 is 1.72 bits per heavy atom. The molecule has 0 aliphatic heterocycles. The molecule has 146 valence electrons. The van der Waals surface area contributed by atoms with Crippen LogP contribution in [0.3, 0.4) is 0 Å². The quantitative estimate of drug-likeness (QED) is 0.544. The van der Waals surface area contributed by atoms with E-state index < -0.39 is 11.6 Å². The predicted molar refractivity (Wildman–Crippen MR) is 105 cm³/mol. The molecule has 0 aliphatic carbocycles. The van der Waals surface area contributed by atoms with Crippen molar-refractivity contribution in [1.82, 2.24) is 10.2 Å². The molecule has 0 unspecified atom stereocenters. The second kappa shape index (κ2) is 9.38. The summed E-state index contributed by atoms with van der Waals surface area (Å²) in [6, 6.07) is 18.2. The van der Waals surface area contributed by atoms with Crippen LogP contribution in [0.15, 0.2) is 75.8 Å². The number of amides is 1. The molecule has 0 saturated carbocycles. The van der Waals surface area contributed by atoms with Gasteiger partial charge >= 0.3 is 11.6 Å². The molecule has 2 aromatic carbocycles. The molecule has 0 spiro atoms. The summed E-state index contributed by atoms with van der Waals surface area (Å²) < 4.78 is 27.5. The van der Waals surface area contributed by atoms with Crippen LogP contribution in [0, 0.1) is 6.92 Å². The van der Waals surface area contributed by atoms with E-state index in [1.165, 1.54) is 0 Å². The van der Waals surface area contributed by atoms with Crippen molar-refractivity contribution in [3.63, 3.8) is 0 Å². The van der Waals surface area contributed by atoms with Gasteiger partial charge in [0, 0.05) is 16.8 Å². The second-order valence-electron chi connectivity index (χ2n) is 5.86. The number of furan rings is 1. The highest BCUT2D eigenvalue weighted by atomic mass is 32.1. The lowest BCUT2D eigenvalue weighted by Gasteiger charge is -2.06. The van der Waals surface area contributed by atoms with E-state index in [0.29, 0.717) is 34.4 Å². The summed E-state index contributed by atoms with van der Waals surface area (Å²) in [5.41, 5.74) is 2.99. The molecular formula is C20H15N3O5S. The van der Waals surface area contributed by atoms with Gasteiger partial charge in [-0.05, 0) is 49.4 Å². The SMILES string of the molecule is Cc1cccc(C(=O)Nc2cccc(-c3nnc(-c4ccco4)o3)c2)c1.O=S=O. The van der Waals surface area contributed by atoms with Gasteiger partial charge in [0.25, 0.3) is 11.8 Å². The van der Waals surface area contributed by atoms with Gasteiger partial charge in [-0.25, -0.2) is 0 Å². The normalized spacial score (nSPS) is 9.97. The highest BCUT2D eigenvalue weighted by molar-refractivity contribution is 7.51. The van der Waals surface area contributed by atoms with Gasteiger partial charge < -0.3 is 14.2 Å². The Kier molecular flexibility index (Phi) is 6.43. The maximum Gasteiger partial charge on any atom is 0.335 e. The van der Waals surface area contributed by atoms with Crippen LogP contribution < -0.4 is 5.32 Å². The third-order valence-corrected chi connectivity index (χ3v) is 3.80. The molecule has 8 nitrogen and oxygen atoms in total. The van der Waals surface area contributed by atoms with Gasteiger partial charge in [0.05, 0.1) is 6.26 Å². The van der Waals surface area contributed by atoms with Crippen molar-refractivity contribution >= 4 is 23.2 Å². The first-order valence-electron chi connectivity index (χ1n) is 8.38. The van der Waals surface area contributed by atoms with Crippen molar-refractivity contribution in [2.75, 3.05) is 5.32 Å². The Bertz CT molecular complexity index is 1150. The number of nitrogens with one attached hydrogen (secondary N) is 1. The first kappa shape index (κ1) is 19.9. The Morgan fingerprint density at radius 3 is 2.45 bits per heavy atom. The molecule has 0 radical (unpaired) electrons. The fourth-order valence-electron chi connectivity index (χ4n) is 2.56. The number of nitrogens with zero attached hydrogens (tertiary/aromatic N) is 2. The van der Waals surface area contributed by atoms with Crippen molar-refractivity contribution in [2.24, 2.45) is 0 Å². The lowest BCUT2D eigenvalue weighted by atomic mass is 10.1. The number of anilines is 1. The summed E-state index contributed by atoms with van der Waals surface area (Å²) in [7, 11) is 0. The van der Waals surface area contributed by atoms with Crippen molar-refractivity contribution < 1.29 is 22.0 Å². The molecule has 29 heavy (non-hydrogen) atoms. The standard InChI is InChI=1S/C20H15N3O3.O2S/c1-13-5-2-6-14(11-13)18(24)21-16-8-3-7-15(12-16)19-22-23-20(26-19)17-9-4-10-25-17;1-3-2/h2-12H,1H3,(H,21,24);. The van der Waals surface area contributed by atoms with Crippen LogP contribution in [-0.2, 0) is 11.6 Å². The van der Waals surface area contributed by atoms with Crippen molar-refractivity contribution in [1.29, 1.82) is 0 Å². The highest BCUT2D eigenvalue weighted by Gasteiger charge is 2.13. The zero-order valence-corrected chi connectivity index (χ0v) is 16.0. The third kappa shape index (κ3) is 5.11. The molecule has 1 N–H and O–H groups in total. The summed E-state index contributed by atoms with van der Waals surface area (Å²) in [4.78, 5) is 12.4. The van der Waals surface area contributed by atoms with Gasteiger partial charge in [0.2, 0.25) is 5.89 Å². The lowest BCUT2D eigenvalue weighted by Crippen LogP contribution is -2.11. The van der Waals surface area contributed by atoms with Gasteiger partial charge in [-0.2, -0.15) is 8.42 Å².